The van der Waals surface area contributed by atoms with E-state index in [4.69, 9.17) is 0 Å². The number of rotatable bonds is 4. The van der Waals surface area contributed by atoms with E-state index in [0.29, 0.717) is 0 Å². The predicted octanol–water partition coefficient (Wildman–Crippen LogP) is 10.0. The molecule has 0 radical (unpaired) electrons. The summed E-state index contributed by atoms with van der Waals surface area (Å²) in [6.07, 6.45) is 2.28. The van der Waals surface area contributed by atoms with E-state index in [9.17, 15) is 0 Å². The van der Waals surface area contributed by atoms with Crippen LogP contribution in [0.5, 0.6) is 0 Å². The van der Waals surface area contributed by atoms with Crippen LogP contribution in [-0.2, 0) is 0 Å². The van der Waals surface area contributed by atoms with Crippen molar-refractivity contribution in [2.75, 3.05) is 0 Å². The number of hydrogen-bond donors (Lipinski definition) is 0. The second-order valence-corrected chi connectivity index (χ2v) is 9.49. The molecule has 0 heterocycles. The molecular formula is C34H23Br. The molecule has 35 heavy (non-hydrogen) atoms. The first kappa shape index (κ1) is 21.6. The molecule has 0 unspecified atom stereocenters. The van der Waals surface area contributed by atoms with Gasteiger partial charge in [0.15, 0.2) is 0 Å². The fraction of sp³-hybridized carbons (Fsp3) is 0. The summed E-state index contributed by atoms with van der Waals surface area (Å²) in [6.45, 7) is 0. The van der Waals surface area contributed by atoms with Crippen molar-refractivity contribution in [2.45, 2.75) is 0 Å². The average molecular weight is 511 g/mol. The molecule has 0 saturated heterocycles. The van der Waals surface area contributed by atoms with E-state index in [1.54, 1.807) is 0 Å². The van der Waals surface area contributed by atoms with E-state index in [1.165, 1.54) is 54.9 Å². The van der Waals surface area contributed by atoms with Crippen molar-refractivity contribution in [3.05, 3.63) is 155 Å². The summed E-state index contributed by atoms with van der Waals surface area (Å²) < 4.78 is 1.15. The smallest absolute Gasteiger partial charge is 0.0332 e. The lowest BCUT2D eigenvalue weighted by molar-refractivity contribution is 1.55. The van der Waals surface area contributed by atoms with Gasteiger partial charge in [0, 0.05) is 4.47 Å². The maximum Gasteiger partial charge on any atom is 0.0332 e. The van der Waals surface area contributed by atoms with Crippen LogP contribution in [0.3, 0.4) is 0 Å². The molecule has 0 spiro atoms. The third kappa shape index (κ3) is 4.09. The van der Waals surface area contributed by atoms with Gasteiger partial charge in [0.25, 0.3) is 0 Å². The molecule has 166 valence electrons. The highest BCUT2D eigenvalue weighted by atomic mass is 79.9. The maximum atomic E-state index is 3.86. The maximum absolute atomic E-state index is 3.86. The predicted molar refractivity (Wildman–Crippen MR) is 154 cm³/mol. The van der Waals surface area contributed by atoms with E-state index >= 15 is 0 Å². The van der Waals surface area contributed by atoms with E-state index in [0.717, 1.165) is 4.47 Å². The van der Waals surface area contributed by atoms with Crippen LogP contribution in [0, 0.1) is 0 Å². The molecule has 0 N–H and O–H groups in total. The second-order valence-electron chi connectivity index (χ2n) is 8.69. The largest absolute Gasteiger partial charge is 0.0622 e. The van der Waals surface area contributed by atoms with Gasteiger partial charge in [-0.15, -0.1) is 0 Å². The molecule has 0 amide bonds. The quantitative estimate of drug-likeness (QED) is 0.163. The summed E-state index contributed by atoms with van der Waals surface area (Å²) in [5.74, 6) is 0. The normalized spacial score (nSPS) is 11.0. The topological polar surface area (TPSA) is 0 Å². The summed E-state index contributed by atoms with van der Waals surface area (Å²) in [4.78, 5) is 0. The number of benzene rings is 6. The SMILES string of the molecule is Brc1c2ccccc2c(-c2ccc(C=C(c3ccccc3)c3ccccc3)cc2)c2ccccc12. The van der Waals surface area contributed by atoms with Gasteiger partial charge in [-0.1, -0.05) is 133 Å². The molecule has 0 aliphatic rings. The second kappa shape index (κ2) is 9.37. The van der Waals surface area contributed by atoms with E-state index in [-0.39, 0.29) is 0 Å². The lowest BCUT2D eigenvalue weighted by Crippen LogP contribution is -1.89. The lowest BCUT2D eigenvalue weighted by Gasteiger charge is -2.15. The van der Waals surface area contributed by atoms with E-state index in [1.807, 2.05) is 0 Å². The highest BCUT2D eigenvalue weighted by Gasteiger charge is 2.13. The van der Waals surface area contributed by atoms with Crippen LogP contribution < -0.4 is 0 Å². The first-order chi connectivity index (χ1) is 17.3. The number of fused-ring (bicyclic) bond motifs is 2. The average Bonchev–Trinajstić information content (AvgIpc) is 2.94. The molecule has 0 aromatic heterocycles. The van der Waals surface area contributed by atoms with Crippen LogP contribution in [-0.4, -0.2) is 0 Å². The third-order valence-electron chi connectivity index (χ3n) is 6.55. The Labute approximate surface area is 214 Å². The van der Waals surface area contributed by atoms with Crippen LogP contribution in [0.25, 0.3) is 44.3 Å². The van der Waals surface area contributed by atoms with Gasteiger partial charge in [0.2, 0.25) is 0 Å². The minimum atomic E-state index is 1.15. The molecule has 0 nitrogen and oxygen atoms in total. The van der Waals surface area contributed by atoms with E-state index in [2.05, 4.69) is 155 Å². The molecule has 0 fully saturated rings. The summed E-state index contributed by atoms with van der Waals surface area (Å²) in [5, 5.41) is 4.99. The Hall–Kier alpha value is -3.94. The molecule has 0 saturated carbocycles. The van der Waals surface area contributed by atoms with Gasteiger partial charge in [-0.2, -0.15) is 0 Å². The van der Waals surface area contributed by atoms with Crippen molar-refractivity contribution in [3.63, 3.8) is 0 Å². The zero-order chi connectivity index (χ0) is 23.6. The van der Waals surface area contributed by atoms with Gasteiger partial charge < -0.3 is 0 Å². The summed E-state index contributed by atoms with van der Waals surface area (Å²) in [7, 11) is 0. The standard InChI is InChI=1S/C34H23Br/c35-34-30-17-9-7-15-28(30)33(29-16-8-10-18-31(29)34)27-21-19-24(20-22-27)23-32(25-11-3-1-4-12-25)26-13-5-2-6-14-26/h1-23H. The Morgan fingerprint density at radius 1 is 0.457 bits per heavy atom. The summed E-state index contributed by atoms with van der Waals surface area (Å²) in [6, 6.07) is 47.4. The van der Waals surface area contributed by atoms with Crippen molar-refractivity contribution < 1.29 is 0 Å². The van der Waals surface area contributed by atoms with Gasteiger partial charge in [-0.25, -0.2) is 0 Å². The molecule has 6 aromatic carbocycles. The molecule has 0 atom stereocenters. The molecule has 1 heteroatoms. The molecule has 0 aliphatic carbocycles. The zero-order valence-electron chi connectivity index (χ0n) is 19.2. The monoisotopic (exact) mass is 510 g/mol. The van der Waals surface area contributed by atoms with Crippen LogP contribution in [0.15, 0.2) is 138 Å². The Morgan fingerprint density at radius 2 is 0.886 bits per heavy atom. The summed E-state index contributed by atoms with van der Waals surface area (Å²) >= 11 is 3.86. The first-order valence-electron chi connectivity index (χ1n) is 11.8. The van der Waals surface area contributed by atoms with Crippen molar-refractivity contribution >= 4 is 49.1 Å². The van der Waals surface area contributed by atoms with Crippen LogP contribution in [0.4, 0.5) is 0 Å². The van der Waals surface area contributed by atoms with Crippen molar-refractivity contribution in [1.29, 1.82) is 0 Å². The molecular weight excluding hydrogens is 488 g/mol. The fourth-order valence-electron chi connectivity index (χ4n) is 4.87. The number of hydrogen-bond acceptors (Lipinski definition) is 0. The van der Waals surface area contributed by atoms with Crippen molar-refractivity contribution in [2.24, 2.45) is 0 Å². The lowest BCUT2D eigenvalue weighted by atomic mass is 9.91. The Morgan fingerprint density at radius 3 is 1.37 bits per heavy atom. The van der Waals surface area contributed by atoms with Crippen LogP contribution in [0.2, 0.25) is 0 Å². The summed E-state index contributed by atoms with van der Waals surface area (Å²) in [5.41, 5.74) is 7.34. The molecule has 6 rings (SSSR count). The van der Waals surface area contributed by atoms with Crippen molar-refractivity contribution in [3.8, 4) is 11.1 Å². The number of halogens is 1. The fourth-order valence-corrected chi connectivity index (χ4v) is 5.56. The zero-order valence-corrected chi connectivity index (χ0v) is 20.7. The minimum Gasteiger partial charge on any atom is -0.0622 e. The molecule has 0 bridgehead atoms. The third-order valence-corrected chi connectivity index (χ3v) is 7.40. The van der Waals surface area contributed by atoms with Gasteiger partial charge in [-0.3, -0.25) is 0 Å². The van der Waals surface area contributed by atoms with Crippen molar-refractivity contribution in [1.82, 2.24) is 0 Å². The van der Waals surface area contributed by atoms with Gasteiger partial charge >= 0.3 is 0 Å². The van der Waals surface area contributed by atoms with Gasteiger partial charge in [-0.05, 0) is 76.9 Å². The highest BCUT2D eigenvalue weighted by Crippen LogP contribution is 2.41. The van der Waals surface area contributed by atoms with Crippen LogP contribution >= 0.6 is 15.9 Å². The van der Waals surface area contributed by atoms with Gasteiger partial charge in [0.05, 0.1) is 0 Å². The Kier molecular flexibility index (Phi) is 5.78. The molecule has 6 aromatic rings. The van der Waals surface area contributed by atoms with E-state index < -0.39 is 0 Å². The molecule has 0 aliphatic heterocycles. The Bertz CT molecular complexity index is 1560. The first-order valence-corrected chi connectivity index (χ1v) is 12.6. The Balaban J connectivity index is 1.50. The van der Waals surface area contributed by atoms with Gasteiger partial charge in [0.1, 0.15) is 0 Å². The van der Waals surface area contributed by atoms with Crippen LogP contribution in [0.1, 0.15) is 16.7 Å². The highest BCUT2D eigenvalue weighted by molar-refractivity contribution is 9.10. The minimum absolute atomic E-state index is 1.15.